The second-order valence-corrected chi connectivity index (χ2v) is 6.67. The normalized spacial score (nSPS) is 31.1. The van der Waals surface area contributed by atoms with Crippen LogP contribution in [0.5, 0.6) is 0 Å². The van der Waals surface area contributed by atoms with E-state index in [-0.39, 0.29) is 5.54 Å². The maximum atomic E-state index is 6.34. The molecule has 0 amide bonds. The molecule has 2 aliphatic rings. The Bertz CT molecular complexity index is 487. The van der Waals surface area contributed by atoms with Crippen LogP contribution in [-0.2, 0) is 12.0 Å². The number of aryl methyl sites for hydroxylation is 1. The summed E-state index contributed by atoms with van der Waals surface area (Å²) in [5, 5.41) is 0. The molecule has 1 fully saturated rings. The molecule has 0 spiro atoms. The fourth-order valence-corrected chi connectivity index (χ4v) is 4.42. The fraction of sp³-hybridized carbons (Fsp3) is 0.667. The maximum absolute atomic E-state index is 6.34. The number of piperazine rings is 1. The number of hydrogen-bond acceptors (Lipinski definition) is 3. The van der Waals surface area contributed by atoms with Crippen LogP contribution in [0, 0.1) is 0 Å². The quantitative estimate of drug-likeness (QED) is 0.925. The fourth-order valence-electron chi connectivity index (χ4n) is 4.42. The number of benzene rings is 1. The first-order valence-electron chi connectivity index (χ1n) is 8.49. The van der Waals surface area contributed by atoms with Crippen molar-refractivity contribution in [3.63, 3.8) is 0 Å². The number of fused-ring (bicyclic) bond motifs is 1. The summed E-state index contributed by atoms with van der Waals surface area (Å²) in [6, 6.07) is 9.59. The van der Waals surface area contributed by atoms with Crippen molar-refractivity contribution in [1.29, 1.82) is 0 Å². The molecule has 0 bridgehead atoms. The van der Waals surface area contributed by atoms with Gasteiger partial charge in [0.2, 0.25) is 0 Å². The van der Waals surface area contributed by atoms with E-state index in [1.165, 1.54) is 36.9 Å². The third-order valence-corrected chi connectivity index (χ3v) is 5.67. The molecule has 3 rings (SSSR count). The van der Waals surface area contributed by atoms with Crippen LogP contribution in [0.15, 0.2) is 24.3 Å². The maximum Gasteiger partial charge on any atom is 0.0587 e. The van der Waals surface area contributed by atoms with E-state index in [1.807, 2.05) is 0 Å². The van der Waals surface area contributed by atoms with Crippen molar-refractivity contribution in [3.8, 4) is 0 Å². The molecule has 1 saturated heterocycles. The van der Waals surface area contributed by atoms with Crippen molar-refractivity contribution in [1.82, 2.24) is 9.80 Å². The molecular weight excluding hydrogens is 258 g/mol. The van der Waals surface area contributed by atoms with Crippen molar-refractivity contribution in [2.45, 2.75) is 44.7 Å². The second-order valence-electron chi connectivity index (χ2n) is 6.67. The van der Waals surface area contributed by atoms with Crippen molar-refractivity contribution in [3.05, 3.63) is 35.4 Å². The summed E-state index contributed by atoms with van der Waals surface area (Å²) in [5.74, 6) is 0. The van der Waals surface area contributed by atoms with Crippen LogP contribution in [0.25, 0.3) is 0 Å². The molecule has 21 heavy (non-hydrogen) atoms. The van der Waals surface area contributed by atoms with Gasteiger partial charge in [-0.05, 0) is 43.9 Å². The Kier molecular flexibility index (Phi) is 4.34. The lowest BCUT2D eigenvalue weighted by Crippen LogP contribution is -2.61. The Morgan fingerprint density at radius 3 is 2.81 bits per heavy atom. The van der Waals surface area contributed by atoms with E-state index in [2.05, 4.69) is 47.9 Å². The lowest BCUT2D eigenvalue weighted by Gasteiger charge is -2.52. The summed E-state index contributed by atoms with van der Waals surface area (Å²) in [6.45, 7) is 9.96. The van der Waals surface area contributed by atoms with Gasteiger partial charge in [-0.2, -0.15) is 0 Å². The predicted molar refractivity (Wildman–Crippen MR) is 88.4 cm³/mol. The van der Waals surface area contributed by atoms with E-state index in [1.54, 1.807) is 0 Å². The molecule has 0 saturated carbocycles. The van der Waals surface area contributed by atoms with Crippen molar-refractivity contribution in [2.75, 3.05) is 32.7 Å². The van der Waals surface area contributed by atoms with Crippen molar-refractivity contribution >= 4 is 0 Å². The summed E-state index contributed by atoms with van der Waals surface area (Å²) in [4.78, 5) is 5.26. The molecule has 1 aromatic rings. The topological polar surface area (TPSA) is 32.5 Å². The smallest absolute Gasteiger partial charge is 0.0587 e. The van der Waals surface area contributed by atoms with Gasteiger partial charge in [-0.15, -0.1) is 0 Å². The summed E-state index contributed by atoms with van der Waals surface area (Å²) in [6.07, 6.45) is 3.68. The summed E-state index contributed by atoms with van der Waals surface area (Å²) in [7, 11) is 0. The number of nitrogens with two attached hydrogens (primary N) is 1. The minimum atomic E-state index is 0.0724. The number of rotatable bonds is 3. The Morgan fingerprint density at radius 1 is 1.29 bits per heavy atom. The van der Waals surface area contributed by atoms with Crippen LogP contribution >= 0.6 is 0 Å². The zero-order valence-electron chi connectivity index (χ0n) is 13.5. The Hall–Kier alpha value is -0.900. The van der Waals surface area contributed by atoms with E-state index in [9.17, 15) is 0 Å². The van der Waals surface area contributed by atoms with E-state index >= 15 is 0 Å². The van der Waals surface area contributed by atoms with Gasteiger partial charge in [0.05, 0.1) is 5.54 Å². The van der Waals surface area contributed by atoms with Gasteiger partial charge in [-0.25, -0.2) is 0 Å². The molecule has 1 aliphatic carbocycles. The summed E-state index contributed by atoms with van der Waals surface area (Å²) < 4.78 is 0. The largest absolute Gasteiger partial charge is 0.328 e. The van der Waals surface area contributed by atoms with Gasteiger partial charge in [0.25, 0.3) is 0 Å². The SMILES string of the molecule is CCN1CCN(C2(CN)CCCc3ccccc32)CC1C. The Labute approximate surface area is 129 Å². The van der Waals surface area contributed by atoms with Gasteiger partial charge < -0.3 is 5.73 Å². The van der Waals surface area contributed by atoms with Gasteiger partial charge in [0.15, 0.2) is 0 Å². The van der Waals surface area contributed by atoms with Gasteiger partial charge in [-0.3, -0.25) is 9.80 Å². The van der Waals surface area contributed by atoms with Crippen LogP contribution in [-0.4, -0.2) is 48.6 Å². The highest BCUT2D eigenvalue weighted by Crippen LogP contribution is 2.40. The van der Waals surface area contributed by atoms with Gasteiger partial charge in [0.1, 0.15) is 0 Å². The number of likely N-dealkylation sites (N-methyl/N-ethyl adjacent to an activating group) is 1. The molecule has 1 aromatic carbocycles. The molecule has 3 nitrogen and oxygen atoms in total. The first kappa shape index (κ1) is 15.0. The average molecular weight is 287 g/mol. The van der Waals surface area contributed by atoms with Gasteiger partial charge in [-0.1, -0.05) is 31.2 Å². The minimum Gasteiger partial charge on any atom is -0.328 e. The van der Waals surface area contributed by atoms with Crippen LogP contribution in [0.4, 0.5) is 0 Å². The van der Waals surface area contributed by atoms with Gasteiger partial charge >= 0.3 is 0 Å². The van der Waals surface area contributed by atoms with Crippen LogP contribution in [0.3, 0.4) is 0 Å². The highest BCUT2D eigenvalue weighted by molar-refractivity contribution is 5.37. The van der Waals surface area contributed by atoms with Crippen LogP contribution in [0.1, 0.15) is 37.8 Å². The van der Waals surface area contributed by atoms with E-state index < -0.39 is 0 Å². The first-order chi connectivity index (χ1) is 10.2. The first-order valence-corrected chi connectivity index (χ1v) is 8.49. The minimum absolute atomic E-state index is 0.0724. The van der Waals surface area contributed by atoms with Crippen LogP contribution < -0.4 is 5.73 Å². The Morgan fingerprint density at radius 2 is 2.10 bits per heavy atom. The molecule has 2 N–H and O–H groups in total. The van der Waals surface area contributed by atoms with E-state index in [4.69, 9.17) is 5.73 Å². The van der Waals surface area contributed by atoms with E-state index in [0.717, 1.165) is 26.2 Å². The van der Waals surface area contributed by atoms with Crippen LogP contribution in [0.2, 0.25) is 0 Å². The second kappa shape index (κ2) is 6.07. The van der Waals surface area contributed by atoms with E-state index in [0.29, 0.717) is 6.04 Å². The molecule has 0 aromatic heterocycles. The lowest BCUT2D eigenvalue weighted by molar-refractivity contribution is -0.00150. The van der Waals surface area contributed by atoms with Crippen molar-refractivity contribution in [2.24, 2.45) is 5.73 Å². The molecule has 1 heterocycles. The zero-order valence-corrected chi connectivity index (χ0v) is 13.5. The molecule has 116 valence electrons. The molecule has 2 atom stereocenters. The van der Waals surface area contributed by atoms with Gasteiger partial charge in [0, 0.05) is 32.2 Å². The summed E-state index contributed by atoms with van der Waals surface area (Å²) in [5.41, 5.74) is 9.42. The molecule has 2 unspecified atom stereocenters. The lowest BCUT2D eigenvalue weighted by atomic mass is 9.74. The highest BCUT2D eigenvalue weighted by Gasteiger charge is 2.42. The summed E-state index contributed by atoms with van der Waals surface area (Å²) >= 11 is 0. The number of nitrogens with zero attached hydrogens (tertiary/aromatic N) is 2. The number of hydrogen-bond donors (Lipinski definition) is 1. The molecular formula is C18H29N3. The third-order valence-electron chi connectivity index (χ3n) is 5.67. The average Bonchev–Trinajstić information content (AvgIpc) is 2.54. The Balaban J connectivity index is 1.92. The molecule has 3 heteroatoms. The predicted octanol–water partition coefficient (Wildman–Crippen LogP) is 2.20. The zero-order chi connectivity index (χ0) is 14.9. The standard InChI is InChI=1S/C18H29N3/c1-3-20-11-12-21(13-15(20)2)18(14-19)10-6-8-16-7-4-5-9-17(16)18/h4-5,7,9,15H,3,6,8,10-14,19H2,1-2H3. The van der Waals surface area contributed by atoms with Crippen molar-refractivity contribution < 1.29 is 0 Å². The molecule has 0 radical (unpaired) electrons. The monoisotopic (exact) mass is 287 g/mol. The molecule has 1 aliphatic heterocycles. The highest BCUT2D eigenvalue weighted by atomic mass is 15.3. The third kappa shape index (κ3) is 2.52.